The van der Waals surface area contributed by atoms with Crippen LogP contribution in [-0.2, 0) is 4.74 Å². The first-order valence-corrected chi connectivity index (χ1v) is 7.48. The predicted octanol–water partition coefficient (Wildman–Crippen LogP) is 2.43. The van der Waals surface area contributed by atoms with Crippen molar-refractivity contribution in [3.63, 3.8) is 0 Å². The third-order valence-electron chi connectivity index (χ3n) is 3.57. The summed E-state index contributed by atoms with van der Waals surface area (Å²) in [5.74, 6) is -0.0914. The van der Waals surface area contributed by atoms with E-state index < -0.39 is 0 Å². The number of nitrogens with zero attached hydrogens (tertiary/aromatic N) is 1. The van der Waals surface area contributed by atoms with Gasteiger partial charge in [-0.1, -0.05) is 18.2 Å². The summed E-state index contributed by atoms with van der Waals surface area (Å²) in [6, 6.07) is 9.11. The topological polar surface area (TPSA) is 58.6 Å². The molecule has 1 N–H and O–H groups in total. The molecule has 2 amide bonds. The molecule has 1 aliphatic heterocycles. The van der Waals surface area contributed by atoms with Crippen LogP contribution in [0, 0.1) is 0 Å². The highest BCUT2D eigenvalue weighted by Gasteiger charge is 2.24. The minimum absolute atomic E-state index is 0.0235. The number of ether oxygens (including phenoxy) is 1. The van der Waals surface area contributed by atoms with Crippen LogP contribution in [0.5, 0.6) is 0 Å². The Balaban J connectivity index is 1.95. The molecule has 1 heterocycles. The molecular weight excluding hydrogens is 268 g/mol. The summed E-state index contributed by atoms with van der Waals surface area (Å²) >= 11 is 0. The lowest BCUT2D eigenvalue weighted by Crippen LogP contribution is -2.44. The van der Waals surface area contributed by atoms with Gasteiger partial charge < -0.3 is 15.0 Å². The van der Waals surface area contributed by atoms with Gasteiger partial charge in [0.15, 0.2) is 0 Å². The van der Waals surface area contributed by atoms with Gasteiger partial charge in [0.2, 0.25) is 0 Å². The average molecular weight is 290 g/mol. The quantitative estimate of drug-likeness (QED) is 0.930. The molecule has 1 unspecified atom stereocenters. The van der Waals surface area contributed by atoms with Crippen LogP contribution >= 0.6 is 0 Å². The average Bonchev–Trinajstić information content (AvgIpc) is 2.74. The van der Waals surface area contributed by atoms with Crippen molar-refractivity contribution < 1.29 is 14.3 Å². The summed E-state index contributed by atoms with van der Waals surface area (Å²) < 4.78 is 5.05. The second-order valence-electron chi connectivity index (χ2n) is 5.18. The molecule has 2 rings (SSSR count). The highest BCUT2D eigenvalue weighted by Crippen LogP contribution is 2.12. The molecule has 1 atom stereocenters. The Morgan fingerprint density at radius 1 is 1.29 bits per heavy atom. The van der Waals surface area contributed by atoms with Crippen LogP contribution in [0.3, 0.4) is 0 Å². The summed E-state index contributed by atoms with van der Waals surface area (Å²) in [6.07, 6.45) is 2.53. The molecule has 114 valence electrons. The standard InChI is InChI=1S/C16H22N2O3/c1-2-21-16(20)18-11-7-6-10-14(12-18)17-15(19)13-8-4-3-5-9-13/h3-5,8-9,14H,2,6-7,10-12H2,1H3,(H,17,19). The van der Waals surface area contributed by atoms with Gasteiger partial charge in [-0.15, -0.1) is 0 Å². The van der Waals surface area contributed by atoms with E-state index in [9.17, 15) is 9.59 Å². The van der Waals surface area contributed by atoms with Crippen molar-refractivity contribution in [2.24, 2.45) is 0 Å². The summed E-state index contributed by atoms with van der Waals surface area (Å²) in [6.45, 7) is 3.37. The number of amides is 2. The predicted molar refractivity (Wildman–Crippen MR) is 80.1 cm³/mol. The van der Waals surface area contributed by atoms with E-state index in [0.717, 1.165) is 19.3 Å². The number of likely N-dealkylation sites (tertiary alicyclic amines) is 1. The molecule has 0 aromatic heterocycles. The van der Waals surface area contributed by atoms with Crippen molar-refractivity contribution in [3.8, 4) is 0 Å². The number of benzene rings is 1. The fourth-order valence-electron chi connectivity index (χ4n) is 2.50. The van der Waals surface area contributed by atoms with Crippen molar-refractivity contribution >= 4 is 12.0 Å². The number of carbonyl (C=O) groups is 2. The summed E-state index contributed by atoms with van der Waals surface area (Å²) in [7, 11) is 0. The van der Waals surface area contributed by atoms with E-state index in [1.54, 1.807) is 24.0 Å². The Kier molecular flexibility index (Phi) is 5.60. The van der Waals surface area contributed by atoms with Crippen molar-refractivity contribution in [2.45, 2.75) is 32.2 Å². The van der Waals surface area contributed by atoms with E-state index in [2.05, 4.69) is 5.32 Å². The first-order valence-electron chi connectivity index (χ1n) is 7.48. The van der Waals surface area contributed by atoms with E-state index in [-0.39, 0.29) is 18.0 Å². The van der Waals surface area contributed by atoms with Gasteiger partial charge in [0, 0.05) is 24.7 Å². The Bertz CT molecular complexity index is 476. The largest absolute Gasteiger partial charge is 0.450 e. The van der Waals surface area contributed by atoms with E-state index in [4.69, 9.17) is 4.74 Å². The van der Waals surface area contributed by atoms with Gasteiger partial charge >= 0.3 is 6.09 Å². The lowest BCUT2D eigenvalue weighted by molar-refractivity contribution is 0.0896. The van der Waals surface area contributed by atoms with Crippen LogP contribution in [0.1, 0.15) is 36.5 Å². The number of hydrogen-bond acceptors (Lipinski definition) is 3. The molecule has 21 heavy (non-hydrogen) atoms. The molecular formula is C16H22N2O3. The molecule has 1 aromatic rings. The molecule has 1 fully saturated rings. The number of hydrogen-bond donors (Lipinski definition) is 1. The molecule has 0 spiro atoms. The molecule has 0 radical (unpaired) electrons. The fourth-order valence-corrected chi connectivity index (χ4v) is 2.50. The maximum atomic E-state index is 12.2. The van der Waals surface area contributed by atoms with Crippen LogP contribution in [0.2, 0.25) is 0 Å². The van der Waals surface area contributed by atoms with E-state index >= 15 is 0 Å². The van der Waals surface area contributed by atoms with Gasteiger partial charge in [-0.25, -0.2) is 4.79 Å². The van der Waals surface area contributed by atoms with E-state index in [1.807, 2.05) is 18.2 Å². The van der Waals surface area contributed by atoms with Gasteiger partial charge in [0.05, 0.1) is 6.61 Å². The molecule has 5 heteroatoms. The van der Waals surface area contributed by atoms with Crippen LogP contribution < -0.4 is 5.32 Å². The van der Waals surface area contributed by atoms with E-state index in [0.29, 0.717) is 25.3 Å². The van der Waals surface area contributed by atoms with Crippen LogP contribution in [0.4, 0.5) is 4.79 Å². The molecule has 0 saturated carbocycles. The number of carbonyl (C=O) groups excluding carboxylic acids is 2. The maximum Gasteiger partial charge on any atom is 0.409 e. The Morgan fingerprint density at radius 3 is 2.76 bits per heavy atom. The Morgan fingerprint density at radius 2 is 2.05 bits per heavy atom. The van der Waals surface area contributed by atoms with Crippen molar-refractivity contribution in [1.29, 1.82) is 0 Å². The van der Waals surface area contributed by atoms with Gasteiger partial charge in [0.25, 0.3) is 5.91 Å². The van der Waals surface area contributed by atoms with Gasteiger partial charge in [-0.2, -0.15) is 0 Å². The zero-order valence-electron chi connectivity index (χ0n) is 12.4. The summed E-state index contributed by atoms with van der Waals surface area (Å²) in [5.41, 5.74) is 0.643. The monoisotopic (exact) mass is 290 g/mol. The molecule has 1 saturated heterocycles. The first-order chi connectivity index (χ1) is 10.2. The van der Waals surface area contributed by atoms with Crippen molar-refractivity contribution in [1.82, 2.24) is 10.2 Å². The highest BCUT2D eigenvalue weighted by atomic mass is 16.6. The minimum atomic E-state index is -0.293. The fraction of sp³-hybridized carbons (Fsp3) is 0.500. The Hall–Kier alpha value is -2.04. The second kappa shape index (κ2) is 7.67. The van der Waals surface area contributed by atoms with Crippen LogP contribution in [0.15, 0.2) is 30.3 Å². The van der Waals surface area contributed by atoms with Gasteiger partial charge in [0.1, 0.15) is 0 Å². The van der Waals surface area contributed by atoms with Gasteiger partial charge in [-0.05, 0) is 38.3 Å². The minimum Gasteiger partial charge on any atom is -0.450 e. The molecule has 0 aliphatic carbocycles. The maximum absolute atomic E-state index is 12.2. The molecule has 1 aliphatic rings. The second-order valence-corrected chi connectivity index (χ2v) is 5.18. The summed E-state index contributed by atoms with van der Waals surface area (Å²) in [4.78, 5) is 25.7. The normalized spacial score (nSPS) is 18.7. The molecule has 5 nitrogen and oxygen atoms in total. The molecule has 0 bridgehead atoms. The summed E-state index contributed by atoms with van der Waals surface area (Å²) in [5, 5.41) is 3.01. The third-order valence-corrected chi connectivity index (χ3v) is 3.57. The smallest absolute Gasteiger partial charge is 0.409 e. The van der Waals surface area contributed by atoms with Crippen molar-refractivity contribution in [2.75, 3.05) is 19.7 Å². The number of nitrogens with one attached hydrogen (secondary N) is 1. The Labute approximate surface area is 125 Å². The van der Waals surface area contributed by atoms with Crippen LogP contribution in [-0.4, -0.2) is 42.6 Å². The van der Waals surface area contributed by atoms with Gasteiger partial charge in [-0.3, -0.25) is 4.79 Å². The highest BCUT2D eigenvalue weighted by molar-refractivity contribution is 5.94. The lowest BCUT2D eigenvalue weighted by atomic mass is 10.1. The van der Waals surface area contributed by atoms with Crippen LogP contribution in [0.25, 0.3) is 0 Å². The lowest BCUT2D eigenvalue weighted by Gasteiger charge is -2.24. The van der Waals surface area contributed by atoms with Crippen molar-refractivity contribution in [3.05, 3.63) is 35.9 Å². The zero-order chi connectivity index (χ0) is 15.1. The number of rotatable bonds is 3. The van der Waals surface area contributed by atoms with E-state index in [1.165, 1.54) is 0 Å². The zero-order valence-corrected chi connectivity index (χ0v) is 12.4. The molecule has 1 aromatic carbocycles. The first kappa shape index (κ1) is 15.4. The third kappa shape index (κ3) is 4.48. The SMILES string of the molecule is CCOC(=O)N1CCCCC(NC(=O)c2ccccc2)C1.